The molecule has 1 aromatic carbocycles. The van der Waals surface area contributed by atoms with E-state index in [1.807, 2.05) is 30.3 Å². The lowest BCUT2D eigenvalue weighted by Gasteiger charge is -2.31. The summed E-state index contributed by atoms with van der Waals surface area (Å²) in [5.74, 6) is -1.07. The van der Waals surface area contributed by atoms with Crippen LogP contribution in [0.3, 0.4) is 0 Å². The third-order valence-corrected chi connectivity index (χ3v) is 3.54. The lowest BCUT2D eigenvalue weighted by molar-refractivity contribution is -0.206. The van der Waals surface area contributed by atoms with Crippen LogP contribution < -0.4 is 0 Å². The van der Waals surface area contributed by atoms with Crippen molar-refractivity contribution in [3.8, 4) is 0 Å². The van der Waals surface area contributed by atoms with E-state index >= 15 is 0 Å². The van der Waals surface area contributed by atoms with Crippen LogP contribution in [0.15, 0.2) is 30.3 Å². The molecule has 3 rings (SSSR count). The molecule has 2 heterocycles. The third kappa shape index (κ3) is 2.69. The molecule has 0 aromatic heterocycles. The fourth-order valence-corrected chi connectivity index (χ4v) is 2.48. The number of fused-ring (bicyclic) bond motifs is 1. The second-order valence-electron chi connectivity index (χ2n) is 5.17. The number of hydrogen-bond donors (Lipinski definition) is 2. The molecule has 0 radical (unpaired) electrons. The van der Waals surface area contributed by atoms with Gasteiger partial charge in [-0.15, -0.1) is 0 Å². The van der Waals surface area contributed by atoms with E-state index in [-0.39, 0.29) is 13.0 Å². The van der Waals surface area contributed by atoms with Crippen molar-refractivity contribution in [1.29, 1.82) is 0 Å². The van der Waals surface area contributed by atoms with E-state index in [1.54, 1.807) is 0 Å². The Bertz CT molecular complexity index is 490. The van der Waals surface area contributed by atoms with E-state index in [2.05, 4.69) is 0 Å². The molecule has 0 amide bonds. The highest BCUT2D eigenvalue weighted by Gasteiger charge is 2.62. The second kappa shape index (κ2) is 5.14. The molecule has 2 saturated heterocycles. The van der Waals surface area contributed by atoms with Gasteiger partial charge in [-0.05, 0) is 5.56 Å². The molecule has 2 N–H and O–H groups in total. The van der Waals surface area contributed by atoms with Gasteiger partial charge in [0.15, 0.2) is 6.29 Å². The largest absolute Gasteiger partial charge is 0.481 e. The van der Waals surface area contributed by atoms with E-state index < -0.39 is 30.1 Å². The Kier molecular flexibility index (Phi) is 3.47. The quantitative estimate of drug-likeness (QED) is 0.765. The lowest BCUT2D eigenvalue weighted by atomic mass is 9.92. The van der Waals surface area contributed by atoms with Gasteiger partial charge in [0, 0.05) is 0 Å². The normalized spacial score (nSPS) is 35.4. The van der Waals surface area contributed by atoms with Crippen molar-refractivity contribution in [2.24, 2.45) is 0 Å². The summed E-state index contributed by atoms with van der Waals surface area (Å²) in [6.45, 7) is 0.287. The average Bonchev–Trinajstić information content (AvgIpc) is 3.20. The monoisotopic (exact) mass is 280 g/mol. The van der Waals surface area contributed by atoms with Gasteiger partial charge in [0.25, 0.3) is 0 Å². The van der Waals surface area contributed by atoms with Crippen LogP contribution in [0.2, 0.25) is 0 Å². The van der Waals surface area contributed by atoms with Crippen molar-refractivity contribution in [2.45, 2.75) is 37.1 Å². The van der Waals surface area contributed by atoms with Crippen molar-refractivity contribution >= 4 is 5.97 Å². The molecule has 6 heteroatoms. The summed E-state index contributed by atoms with van der Waals surface area (Å²) < 4.78 is 16.4. The van der Waals surface area contributed by atoms with Gasteiger partial charge in [-0.3, -0.25) is 4.79 Å². The summed E-state index contributed by atoms with van der Waals surface area (Å²) in [4.78, 5) is 10.7. The van der Waals surface area contributed by atoms with Crippen LogP contribution >= 0.6 is 0 Å². The van der Waals surface area contributed by atoms with Gasteiger partial charge in [0.05, 0.1) is 19.6 Å². The van der Waals surface area contributed by atoms with E-state index in [0.29, 0.717) is 6.61 Å². The van der Waals surface area contributed by atoms with Crippen molar-refractivity contribution in [1.82, 2.24) is 0 Å². The van der Waals surface area contributed by atoms with Crippen LogP contribution in [0, 0.1) is 0 Å². The molecule has 20 heavy (non-hydrogen) atoms. The molecule has 108 valence electrons. The lowest BCUT2D eigenvalue weighted by Crippen LogP contribution is -2.50. The summed E-state index contributed by atoms with van der Waals surface area (Å²) in [7, 11) is 0. The number of carboxylic acid groups (broad SMARTS) is 1. The fourth-order valence-electron chi connectivity index (χ4n) is 2.48. The Labute approximate surface area is 115 Å². The molecule has 2 fully saturated rings. The van der Waals surface area contributed by atoms with Gasteiger partial charge in [0.2, 0.25) is 0 Å². The summed E-state index contributed by atoms with van der Waals surface area (Å²) in [5.41, 5.74) is -0.442. The highest BCUT2D eigenvalue weighted by atomic mass is 16.7. The molecule has 0 spiro atoms. The number of carboxylic acids is 1. The van der Waals surface area contributed by atoms with Crippen LogP contribution in [-0.2, 0) is 25.6 Å². The average molecular weight is 280 g/mol. The number of aliphatic carboxylic acids is 1. The van der Waals surface area contributed by atoms with Crippen LogP contribution in [0.5, 0.6) is 0 Å². The maximum Gasteiger partial charge on any atom is 0.306 e. The highest BCUT2D eigenvalue weighted by Crippen LogP contribution is 2.42. The molecule has 0 aliphatic carbocycles. The minimum Gasteiger partial charge on any atom is -0.481 e. The Balaban J connectivity index is 1.55. The standard InChI is InChI=1S/C14H16O6/c15-10(16)6-14(17)8-19-13(11-12(14)20-11)18-7-9-4-2-1-3-5-9/h1-5,11-13,17H,6-8H2,(H,15,16)/t11-,12+,13-,14+/m0/s1. The predicted octanol–water partition coefficient (Wildman–Crippen LogP) is 0.533. The van der Waals surface area contributed by atoms with Crippen molar-refractivity contribution in [3.63, 3.8) is 0 Å². The smallest absolute Gasteiger partial charge is 0.306 e. The Morgan fingerprint density at radius 3 is 2.85 bits per heavy atom. The molecule has 0 bridgehead atoms. The Hall–Kier alpha value is -1.47. The molecular formula is C14H16O6. The summed E-state index contributed by atoms with van der Waals surface area (Å²) in [6.07, 6.45) is -1.86. The van der Waals surface area contributed by atoms with Gasteiger partial charge in [0.1, 0.15) is 17.8 Å². The van der Waals surface area contributed by atoms with Crippen LogP contribution in [-0.4, -0.2) is 46.9 Å². The molecule has 2 aliphatic rings. The molecule has 2 aliphatic heterocycles. The summed E-state index contributed by atoms with van der Waals surface area (Å²) >= 11 is 0. The van der Waals surface area contributed by atoms with Gasteiger partial charge in [-0.2, -0.15) is 0 Å². The minimum atomic E-state index is -1.46. The number of rotatable bonds is 5. The van der Waals surface area contributed by atoms with Crippen LogP contribution in [0.1, 0.15) is 12.0 Å². The number of ether oxygens (including phenoxy) is 3. The molecule has 0 unspecified atom stereocenters. The van der Waals surface area contributed by atoms with E-state index in [4.69, 9.17) is 19.3 Å². The minimum absolute atomic E-state index is 0.0973. The van der Waals surface area contributed by atoms with E-state index in [1.165, 1.54) is 0 Å². The topological polar surface area (TPSA) is 88.5 Å². The Morgan fingerprint density at radius 2 is 2.15 bits per heavy atom. The zero-order valence-electron chi connectivity index (χ0n) is 10.8. The van der Waals surface area contributed by atoms with Gasteiger partial charge >= 0.3 is 5.97 Å². The van der Waals surface area contributed by atoms with Gasteiger partial charge < -0.3 is 24.4 Å². The highest BCUT2D eigenvalue weighted by molar-refractivity contribution is 5.68. The number of aliphatic hydroxyl groups is 1. The summed E-state index contributed by atoms with van der Waals surface area (Å²) in [6, 6.07) is 9.64. The van der Waals surface area contributed by atoms with E-state index in [0.717, 1.165) is 5.56 Å². The predicted molar refractivity (Wildman–Crippen MR) is 66.8 cm³/mol. The molecular weight excluding hydrogens is 264 g/mol. The first-order chi connectivity index (χ1) is 9.58. The molecule has 4 atom stereocenters. The van der Waals surface area contributed by atoms with Crippen molar-refractivity contribution in [2.75, 3.05) is 6.61 Å². The van der Waals surface area contributed by atoms with Crippen LogP contribution in [0.4, 0.5) is 0 Å². The SMILES string of the molecule is O=C(O)C[C@@]1(O)CO[C@H](OCc2ccccc2)[C@H]2O[C@H]21. The first-order valence-corrected chi connectivity index (χ1v) is 6.45. The number of hydrogen-bond acceptors (Lipinski definition) is 5. The number of epoxide rings is 1. The zero-order valence-corrected chi connectivity index (χ0v) is 10.8. The molecule has 6 nitrogen and oxygen atoms in total. The molecule has 1 aromatic rings. The molecule has 0 saturated carbocycles. The second-order valence-corrected chi connectivity index (χ2v) is 5.17. The number of benzene rings is 1. The summed E-state index contributed by atoms with van der Waals surface area (Å²) in [5, 5.41) is 19.0. The Morgan fingerprint density at radius 1 is 1.40 bits per heavy atom. The van der Waals surface area contributed by atoms with E-state index in [9.17, 15) is 9.90 Å². The maximum absolute atomic E-state index is 10.7. The third-order valence-electron chi connectivity index (χ3n) is 3.54. The van der Waals surface area contributed by atoms with Crippen molar-refractivity contribution in [3.05, 3.63) is 35.9 Å². The first kappa shape index (κ1) is 13.5. The fraction of sp³-hybridized carbons (Fsp3) is 0.500. The van der Waals surface area contributed by atoms with Gasteiger partial charge in [-0.1, -0.05) is 30.3 Å². The number of carbonyl (C=O) groups is 1. The van der Waals surface area contributed by atoms with Crippen molar-refractivity contribution < 1.29 is 29.2 Å². The zero-order chi connectivity index (χ0) is 14.2. The maximum atomic E-state index is 10.7. The van der Waals surface area contributed by atoms with Gasteiger partial charge in [-0.25, -0.2) is 0 Å². The first-order valence-electron chi connectivity index (χ1n) is 6.45. The van der Waals surface area contributed by atoms with Crippen LogP contribution in [0.25, 0.3) is 0 Å².